The molecule has 0 saturated carbocycles. The zero-order valence-electron chi connectivity index (χ0n) is 21.8. The number of carbonyl (C=O) groups excluding carboxylic acids is 1. The monoisotopic (exact) mass is 547 g/mol. The molecule has 1 aliphatic heterocycles. The van der Waals surface area contributed by atoms with Crippen LogP contribution in [0.15, 0.2) is 36.5 Å². The minimum atomic E-state index is -4.62. The van der Waals surface area contributed by atoms with Crippen LogP contribution >= 0.6 is 0 Å². The van der Waals surface area contributed by atoms with E-state index in [1.807, 2.05) is 18.2 Å². The first-order chi connectivity index (χ1) is 18.1. The van der Waals surface area contributed by atoms with Crippen LogP contribution in [-0.4, -0.2) is 45.2 Å². The maximum atomic E-state index is 14.2. The number of aliphatic hydroxyl groups is 1. The van der Waals surface area contributed by atoms with Crippen LogP contribution in [0.4, 0.5) is 40.8 Å². The summed E-state index contributed by atoms with van der Waals surface area (Å²) >= 11 is 0. The summed E-state index contributed by atoms with van der Waals surface area (Å²) in [7, 11) is 0. The fraction of sp³-hybridized carbons (Fsp3) is 0.385. The second-order valence-corrected chi connectivity index (χ2v) is 10.3. The number of nitrogens with one attached hydrogen (secondary N) is 4. The minimum absolute atomic E-state index is 0.00607. The Morgan fingerprint density at radius 3 is 2.56 bits per heavy atom. The van der Waals surface area contributed by atoms with Crippen molar-refractivity contribution in [2.75, 3.05) is 23.7 Å². The molecular weight excluding hydrogens is 518 g/mol. The van der Waals surface area contributed by atoms with Gasteiger partial charge in [-0.3, -0.25) is 4.79 Å². The Kier molecular flexibility index (Phi) is 7.50. The van der Waals surface area contributed by atoms with E-state index in [1.54, 1.807) is 5.32 Å². The van der Waals surface area contributed by atoms with Gasteiger partial charge in [-0.15, -0.1) is 0 Å². The number of pyridine rings is 1. The summed E-state index contributed by atoms with van der Waals surface area (Å²) in [4.78, 5) is 25.1. The number of rotatable bonds is 7. The van der Waals surface area contributed by atoms with Gasteiger partial charge in [0.25, 0.3) is 5.91 Å². The van der Waals surface area contributed by atoms with Crippen LogP contribution in [0.25, 0.3) is 0 Å². The molecule has 0 spiro atoms. The van der Waals surface area contributed by atoms with Crippen LogP contribution in [0.1, 0.15) is 54.9 Å². The van der Waals surface area contributed by atoms with Crippen molar-refractivity contribution < 1.29 is 27.5 Å². The lowest BCUT2D eigenvalue weighted by atomic mass is 9.85. The lowest BCUT2D eigenvalue weighted by Gasteiger charge is -2.34. The van der Waals surface area contributed by atoms with Crippen LogP contribution in [0, 0.1) is 5.82 Å². The van der Waals surface area contributed by atoms with Gasteiger partial charge >= 0.3 is 6.18 Å². The van der Waals surface area contributed by atoms with Gasteiger partial charge in [-0.25, -0.2) is 14.4 Å². The van der Waals surface area contributed by atoms with Crippen molar-refractivity contribution in [2.45, 2.75) is 51.4 Å². The average Bonchev–Trinajstić information content (AvgIpc) is 2.82. The number of carbonyl (C=O) groups is 1. The molecule has 0 saturated heterocycles. The number of hydrogen-bond acceptors (Lipinski definition) is 8. The topological polar surface area (TPSA) is 124 Å². The molecule has 1 amide bonds. The molecule has 0 fully saturated rings. The van der Waals surface area contributed by atoms with Crippen LogP contribution in [-0.2, 0) is 17.6 Å². The molecule has 0 bridgehead atoms. The summed E-state index contributed by atoms with van der Waals surface area (Å²) < 4.78 is 52.3. The van der Waals surface area contributed by atoms with Crippen molar-refractivity contribution in [2.24, 2.45) is 0 Å². The maximum Gasteiger partial charge on any atom is 0.405 e. The molecule has 5 N–H and O–H groups in total. The molecule has 39 heavy (non-hydrogen) atoms. The van der Waals surface area contributed by atoms with Crippen LogP contribution in [0.2, 0.25) is 0 Å². The summed E-state index contributed by atoms with van der Waals surface area (Å²) in [5, 5.41) is 21.3. The number of anilines is 4. The highest BCUT2D eigenvalue weighted by Gasteiger charge is 2.30. The number of fused-ring (bicyclic) bond motifs is 1. The zero-order chi connectivity index (χ0) is 28.6. The minimum Gasteiger partial charge on any atom is -0.384 e. The Morgan fingerprint density at radius 2 is 1.87 bits per heavy atom. The van der Waals surface area contributed by atoms with Gasteiger partial charge in [0.1, 0.15) is 40.9 Å². The second-order valence-electron chi connectivity index (χ2n) is 10.3. The molecule has 9 nitrogen and oxygen atoms in total. The first-order valence-electron chi connectivity index (χ1n) is 12.2. The van der Waals surface area contributed by atoms with Crippen molar-refractivity contribution in [3.8, 4) is 0 Å². The van der Waals surface area contributed by atoms with Crippen molar-refractivity contribution in [1.82, 2.24) is 25.6 Å². The van der Waals surface area contributed by atoms with E-state index in [-0.39, 0.29) is 34.4 Å². The van der Waals surface area contributed by atoms with Crippen LogP contribution in [0.5, 0.6) is 0 Å². The fourth-order valence-corrected chi connectivity index (χ4v) is 4.26. The molecule has 3 aromatic rings. The van der Waals surface area contributed by atoms with Gasteiger partial charge in [-0.05, 0) is 76.1 Å². The summed E-state index contributed by atoms with van der Waals surface area (Å²) in [5.74, 6) is -1.94. The SMILES string of the molecule is CC(C)(O)c1nc(Nc2nc(Nc3ccc4c(c3)CCNC4(C)C)ncc2C(=O)NCC(F)(F)F)ccc1F. The predicted molar refractivity (Wildman–Crippen MR) is 138 cm³/mol. The highest BCUT2D eigenvalue weighted by Crippen LogP contribution is 2.31. The Labute approximate surface area is 222 Å². The first-order valence-corrected chi connectivity index (χ1v) is 12.2. The number of hydrogen-bond donors (Lipinski definition) is 5. The van der Waals surface area contributed by atoms with Gasteiger partial charge in [0.05, 0.1) is 0 Å². The third-order valence-corrected chi connectivity index (χ3v) is 6.15. The van der Waals surface area contributed by atoms with Gasteiger partial charge in [0.15, 0.2) is 0 Å². The molecule has 1 aromatic carbocycles. The first kappa shape index (κ1) is 28.2. The summed E-state index contributed by atoms with van der Waals surface area (Å²) in [5.41, 5.74) is 0.604. The van der Waals surface area contributed by atoms with Crippen LogP contribution in [0.3, 0.4) is 0 Å². The fourth-order valence-electron chi connectivity index (χ4n) is 4.26. The third kappa shape index (κ3) is 6.79. The maximum absolute atomic E-state index is 14.2. The number of halogens is 4. The highest BCUT2D eigenvalue weighted by atomic mass is 19.4. The normalized spacial score (nSPS) is 14.9. The van der Waals surface area contributed by atoms with Crippen LogP contribution < -0.4 is 21.3 Å². The zero-order valence-corrected chi connectivity index (χ0v) is 21.8. The van der Waals surface area contributed by atoms with E-state index < -0.39 is 30.0 Å². The molecule has 1 aliphatic rings. The molecule has 3 heterocycles. The molecule has 0 atom stereocenters. The molecule has 13 heteroatoms. The smallest absolute Gasteiger partial charge is 0.384 e. The van der Waals surface area contributed by atoms with Gasteiger partial charge in [-0.1, -0.05) is 6.07 Å². The Bertz CT molecular complexity index is 1390. The number of nitrogens with zero attached hydrogens (tertiary/aromatic N) is 3. The van der Waals surface area contributed by atoms with Crippen molar-refractivity contribution >= 4 is 29.2 Å². The molecule has 4 rings (SSSR count). The standard InChI is InChI=1S/C26H29F4N7O2/c1-24(2)17-6-5-15(11-14(17)9-10-33-24)34-23-31-12-16(22(38)32-13-26(28,29)30)21(37-23)36-19-8-7-18(27)20(35-19)25(3,4)39/h5-8,11-12,33,39H,9-10,13H2,1-4H3,(H,32,38)(H2,31,34,35,36,37). The number of benzene rings is 1. The van der Waals surface area contributed by atoms with E-state index in [4.69, 9.17) is 0 Å². The molecule has 0 unspecified atom stereocenters. The largest absolute Gasteiger partial charge is 0.405 e. The summed E-state index contributed by atoms with van der Waals surface area (Å²) in [6.45, 7) is 6.14. The highest BCUT2D eigenvalue weighted by molar-refractivity contribution is 5.99. The van der Waals surface area contributed by atoms with E-state index >= 15 is 0 Å². The van der Waals surface area contributed by atoms with Crippen molar-refractivity contribution in [3.05, 3.63) is 64.7 Å². The Morgan fingerprint density at radius 1 is 1.13 bits per heavy atom. The van der Waals surface area contributed by atoms with E-state index in [0.29, 0.717) is 5.69 Å². The van der Waals surface area contributed by atoms with Gasteiger partial charge in [-0.2, -0.15) is 18.2 Å². The lowest BCUT2D eigenvalue weighted by Crippen LogP contribution is -2.42. The van der Waals surface area contributed by atoms with E-state index in [9.17, 15) is 27.5 Å². The predicted octanol–water partition coefficient (Wildman–Crippen LogP) is 4.40. The molecule has 2 aromatic heterocycles. The number of alkyl halides is 3. The van der Waals surface area contributed by atoms with Crippen molar-refractivity contribution in [3.63, 3.8) is 0 Å². The Balaban J connectivity index is 1.67. The quantitative estimate of drug-likeness (QED) is 0.276. The number of amides is 1. The molecule has 0 radical (unpaired) electrons. The lowest BCUT2D eigenvalue weighted by molar-refractivity contribution is -0.123. The van der Waals surface area contributed by atoms with Gasteiger partial charge < -0.3 is 26.4 Å². The van der Waals surface area contributed by atoms with E-state index in [0.717, 1.165) is 36.4 Å². The summed E-state index contributed by atoms with van der Waals surface area (Å²) in [6, 6.07) is 8.12. The summed E-state index contributed by atoms with van der Waals surface area (Å²) in [6.07, 6.45) is -2.72. The molecule has 0 aliphatic carbocycles. The van der Waals surface area contributed by atoms with E-state index in [1.165, 1.54) is 19.9 Å². The van der Waals surface area contributed by atoms with Gasteiger partial charge in [0.2, 0.25) is 5.95 Å². The van der Waals surface area contributed by atoms with Gasteiger partial charge in [0, 0.05) is 17.4 Å². The molecule has 208 valence electrons. The molecular formula is C26H29F4N7O2. The number of aromatic nitrogens is 3. The van der Waals surface area contributed by atoms with Crippen molar-refractivity contribution in [1.29, 1.82) is 0 Å². The average molecular weight is 548 g/mol. The second kappa shape index (κ2) is 10.4. The third-order valence-electron chi connectivity index (χ3n) is 6.15. The Hall–Kier alpha value is -3.84. The van der Waals surface area contributed by atoms with E-state index in [2.05, 4.69) is 44.7 Å².